The van der Waals surface area contributed by atoms with Crippen molar-refractivity contribution in [1.82, 2.24) is 0 Å². The fraction of sp³-hybridized carbons (Fsp3) is 0.917. The summed E-state index contributed by atoms with van der Waals surface area (Å²) in [6.45, 7) is 7.76. The molecule has 3 rings (SSSR count). The van der Waals surface area contributed by atoms with Crippen LogP contribution in [0, 0.1) is 0 Å². The molecule has 0 aromatic carbocycles. The number of hydrogen-bond acceptors (Lipinski definition) is 6. The molecule has 3 atom stereocenters. The van der Waals surface area contributed by atoms with Gasteiger partial charge in [-0.1, -0.05) is 0 Å². The van der Waals surface area contributed by atoms with Gasteiger partial charge in [-0.05, 0) is 27.7 Å². The van der Waals surface area contributed by atoms with Gasteiger partial charge in [0.1, 0.15) is 6.10 Å². The van der Waals surface area contributed by atoms with Gasteiger partial charge in [0.15, 0.2) is 11.9 Å². The molecule has 0 aromatic rings. The number of hydrogen-bond donors (Lipinski definition) is 0. The van der Waals surface area contributed by atoms with Crippen molar-refractivity contribution in [3.05, 3.63) is 0 Å². The summed E-state index contributed by atoms with van der Waals surface area (Å²) in [6.07, 6.45) is -1.09. The van der Waals surface area contributed by atoms with Crippen LogP contribution in [0.2, 0.25) is 0 Å². The number of ketones is 1. The topological polar surface area (TPSA) is 63.2 Å². The highest BCUT2D eigenvalue weighted by atomic mass is 16.9. The predicted molar refractivity (Wildman–Crippen MR) is 58.6 cm³/mol. The Morgan fingerprint density at radius 3 is 2.44 bits per heavy atom. The van der Waals surface area contributed by atoms with Crippen molar-refractivity contribution >= 4 is 5.78 Å². The Hall–Kier alpha value is -0.530. The second-order valence-electron chi connectivity index (χ2n) is 5.98. The van der Waals surface area contributed by atoms with Crippen LogP contribution in [0.1, 0.15) is 27.7 Å². The Labute approximate surface area is 105 Å². The van der Waals surface area contributed by atoms with Gasteiger partial charge in [-0.25, -0.2) is 0 Å². The molecule has 0 saturated carbocycles. The van der Waals surface area contributed by atoms with E-state index in [1.54, 1.807) is 13.8 Å². The third-order valence-electron chi connectivity index (χ3n) is 3.20. The van der Waals surface area contributed by atoms with Crippen LogP contribution in [0.15, 0.2) is 0 Å². The van der Waals surface area contributed by atoms with Crippen LogP contribution in [0.3, 0.4) is 0 Å². The molecule has 3 fully saturated rings. The second-order valence-corrected chi connectivity index (χ2v) is 5.98. The third-order valence-corrected chi connectivity index (χ3v) is 3.20. The number of fused-ring (bicyclic) bond motifs is 1. The number of Topliss-reactive ketones (excluding diaryl/α,β-unsaturated/α-hetero) is 1. The maximum atomic E-state index is 12.4. The van der Waals surface area contributed by atoms with E-state index in [1.807, 2.05) is 13.8 Å². The molecule has 0 amide bonds. The fourth-order valence-corrected chi connectivity index (χ4v) is 2.50. The Morgan fingerprint density at radius 1 is 1.11 bits per heavy atom. The monoisotopic (exact) mass is 258 g/mol. The molecule has 0 unspecified atom stereocenters. The van der Waals surface area contributed by atoms with E-state index in [1.165, 1.54) is 0 Å². The molecule has 18 heavy (non-hydrogen) atoms. The molecule has 102 valence electrons. The van der Waals surface area contributed by atoms with Gasteiger partial charge in [0.2, 0.25) is 0 Å². The van der Waals surface area contributed by atoms with E-state index < -0.39 is 29.6 Å². The molecule has 0 bridgehead atoms. The first-order valence-electron chi connectivity index (χ1n) is 6.11. The minimum atomic E-state index is -1.62. The molecular weight excluding hydrogens is 240 g/mol. The smallest absolute Gasteiger partial charge is 0.342 e. The zero-order chi connectivity index (χ0) is 13.2. The van der Waals surface area contributed by atoms with Crippen LogP contribution < -0.4 is 0 Å². The lowest BCUT2D eigenvalue weighted by Gasteiger charge is -2.35. The molecule has 3 aliphatic heterocycles. The number of ether oxygens (including phenoxy) is 5. The van der Waals surface area contributed by atoms with Gasteiger partial charge < -0.3 is 23.7 Å². The van der Waals surface area contributed by atoms with Crippen molar-refractivity contribution in [2.24, 2.45) is 0 Å². The summed E-state index contributed by atoms with van der Waals surface area (Å²) in [5.74, 6) is -2.75. The molecule has 0 radical (unpaired) electrons. The number of carbonyl (C=O) groups excluding carboxylic acids is 1. The molecule has 6 heteroatoms. The summed E-state index contributed by atoms with van der Waals surface area (Å²) < 4.78 is 27.8. The Kier molecular flexibility index (Phi) is 2.44. The minimum Gasteiger partial charge on any atom is -0.342 e. The average Bonchev–Trinajstić information content (AvgIpc) is 2.71. The van der Waals surface area contributed by atoms with Gasteiger partial charge in [0.25, 0.3) is 5.78 Å². The summed E-state index contributed by atoms with van der Waals surface area (Å²) in [6, 6.07) is 0. The van der Waals surface area contributed by atoms with Crippen LogP contribution in [0.5, 0.6) is 0 Å². The van der Waals surface area contributed by atoms with Crippen LogP contribution >= 0.6 is 0 Å². The van der Waals surface area contributed by atoms with Crippen molar-refractivity contribution in [3.63, 3.8) is 0 Å². The molecule has 0 aromatic heterocycles. The predicted octanol–water partition coefficient (Wildman–Crippen LogP) is 0.585. The zero-order valence-electron chi connectivity index (χ0n) is 11.0. The highest BCUT2D eigenvalue weighted by molar-refractivity contribution is 5.90. The van der Waals surface area contributed by atoms with Crippen LogP contribution in [0.25, 0.3) is 0 Å². The Bertz CT molecular complexity index is 388. The molecule has 3 saturated heterocycles. The largest absolute Gasteiger partial charge is 0.350 e. The Morgan fingerprint density at radius 2 is 1.83 bits per heavy atom. The van der Waals surface area contributed by atoms with Gasteiger partial charge in [-0.3, -0.25) is 4.79 Å². The van der Waals surface area contributed by atoms with E-state index in [4.69, 9.17) is 23.7 Å². The number of rotatable bonds is 0. The minimum absolute atomic E-state index is 0.218. The fourth-order valence-electron chi connectivity index (χ4n) is 2.50. The summed E-state index contributed by atoms with van der Waals surface area (Å²) in [7, 11) is 0. The summed E-state index contributed by atoms with van der Waals surface area (Å²) in [5, 5.41) is 0. The van der Waals surface area contributed by atoms with Gasteiger partial charge in [0, 0.05) is 0 Å². The second kappa shape index (κ2) is 3.52. The molecule has 0 aliphatic carbocycles. The van der Waals surface area contributed by atoms with Crippen molar-refractivity contribution in [2.45, 2.75) is 57.3 Å². The quantitative estimate of drug-likeness (QED) is 0.633. The molecule has 3 aliphatic rings. The highest BCUT2D eigenvalue weighted by Crippen LogP contribution is 2.41. The van der Waals surface area contributed by atoms with Crippen LogP contribution in [-0.2, 0) is 28.5 Å². The Balaban J connectivity index is 1.84. The first kappa shape index (κ1) is 12.5. The van der Waals surface area contributed by atoms with Crippen molar-refractivity contribution in [2.75, 3.05) is 13.2 Å². The molecule has 3 heterocycles. The standard InChI is InChI=1S/C12H18O6/c1-10(2)6-15-12(18-10)9(13)8-7(5-14-12)16-11(3,4)17-8/h7-8H,5-6H2,1-4H3/t7-,8-,12+/m1/s1. The van der Waals surface area contributed by atoms with Crippen LogP contribution in [0.4, 0.5) is 0 Å². The lowest BCUT2D eigenvalue weighted by atomic mass is 10.1. The molecule has 1 spiro atoms. The molecule has 0 N–H and O–H groups in total. The van der Waals surface area contributed by atoms with Crippen LogP contribution in [-0.4, -0.2) is 48.6 Å². The first-order valence-corrected chi connectivity index (χ1v) is 6.11. The molecular formula is C12H18O6. The van der Waals surface area contributed by atoms with E-state index in [9.17, 15) is 4.79 Å². The maximum Gasteiger partial charge on any atom is 0.350 e. The number of carbonyl (C=O) groups is 1. The maximum absolute atomic E-state index is 12.4. The van der Waals surface area contributed by atoms with E-state index >= 15 is 0 Å². The SMILES string of the molecule is CC1(C)CO[C@]2(OC[C@H]3OC(C)(C)O[C@H]3C2=O)O1. The van der Waals surface area contributed by atoms with E-state index in [2.05, 4.69) is 0 Å². The van der Waals surface area contributed by atoms with Gasteiger partial charge in [-0.15, -0.1) is 0 Å². The van der Waals surface area contributed by atoms with E-state index in [-0.39, 0.29) is 12.4 Å². The lowest BCUT2D eigenvalue weighted by Crippen LogP contribution is -2.58. The van der Waals surface area contributed by atoms with Crippen molar-refractivity contribution in [1.29, 1.82) is 0 Å². The molecule has 6 nitrogen and oxygen atoms in total. The average molecular weight is 258 g/mol. The summed E-state index contributed by atoms with van der Waals surface area (Å²) >= 11 is 0. The summed E-state index contributed by atoms with van der Waals surface area (Å²) in [4.78, 5) is 12.4. The van der Waals surface area contributed by atoms with E-state index in [0.29, 0.717) is 6.61 Å². The highest BCUT2D eigenvalue weighted by Gasteiger charge is 2.63. The lowest BCUT2D eigenvalue weighted by molar-refractivity contribution is -0.336. The van der Waals surface area contributed by atoms with Gasteiger partial charge in [0.05, 0.1) is 18.8 Å². The van der Waals surface area contributed by atoms with Gasteiger partial charge >= 0.3 is 5.97 Å². The zero-order valence-corrected chi connectivity index (χ0v) is 11.0. The first-order chi connectivity index (χ1) is 8.23. The van der Waals surface area contributed by atoms with Gasteiger partial charge in [-0.2, -0.15) is 0 Å². The normalized spacial score (nSPS) is 45.4. The summed E-state index contributed by atoms with van der Waals surface area (Å²) in [5.41, 5.74) is -0.544. The third kappa shape index (κ3) is 1.80. The van der Waals surface area contributed by atoms with E-state index in [0.717, 1.165) is 0 Å². The van der Waals surface area contributed by atoms with Crippen molar-refractivity contribution in [3.8, 4) is 0 Å². The van der Waals surface area contributed by atoms with Crippen molar-refractivity contribution < 1.29 is 28.5 Å².